The Kier molecular flexibility index (Phi) is 3.28. The lowest BCUT2D eigenvalue weighted by Gasteiger charge is -2.50. The number of benzene rings is 1. The molecule has 1 N–H and O–H groups in total. The third-order valence-corrected chi connectivity index (χ3v) is 6.17. The molecule has 0 unspecified atom stereocenters. The van der Waals surface area contributed by atoms with E-state index in [0.717, 1.165) is 5.46 Å². The second-order valence-corrected chi connectivity index (χ2v) is 8.57. The van der Waals surface area contributed by atoms with Crippen LogP contribution in [0.5, 0.6) is 0 Å². The normalized spacial score (nSPS) is 27.6. The summed E-state index contributed by atoms with van der Waals surface area (Å²) in [6.07, 6.45) is -0.472. The molecule has 0 radical (unpaired) electrons. The minimum Gasteiger partial charge on any atom is -0.399 e. The zero-order valence-corrected chi connectivity index (χ0v) is 14.9. The molecule has 1 aromatic carbocycles. The van der Waals surface area contributed by atoms with Crippen LogP contribution in [-0.2, 0) is 14.7 Å². The summed E-state index contributed by atoms with van der Waals surface area (Å²) < 4.78 is 39.3. The molecule has 7 heteroatoms. The molecule has 4 rings (SSSR count). The van der Waals surface area contributed by atoms with Crippen LogP contribution in [0, 0.1) is 0 Å². The fourth-order valence-corrected chi connectivity index (χ4v) is 4.02. The predicted octanol–water partition coefficient (Wildman–Crippen LogP) is 2.40. The molecule has 1 aliphatic carbocycles. The lowest BCUT2D eigenvalue weighted by Crippen LogP contribution is -2.59. The van der Waals surface area contributed by atoms with E-state index in [-0.39, 0.29) is 25.3 Å². The van der Waals surface area contributed by atoms with Gasteiger partial charge in [0.05, 0.1) is 11.2 Å². The molecule has 2 fully saturated rings. The molecule has 0 atom stereocenters. The molecular formula is C18H22BF2NO3. The maximum absolute atomic E-state index is 13.6. The smallest absolute Gasteiger partial charge is 0.399 e. The lowest BCUT2D eigenvalue weighted by molar-refractivity contribution is -0.126. The molecule has 1 saturated carbocycles. The molecule has 1 aromatic rings. The third-order valence-electron chi connectivity index (χ3n) is 6.17. The van der Waals surface area contributed by atoms with Gasteiger partial charge in [-0.2, -0.15) is 0 Å². The Bertz CT molecular complexity index is 739. The quantitative estimate of drug-likeness (QED) is 0.792. The van der Waals surface area contributed by atoms with E-state index in [9.17, 15) is 13.6 Å². The summed E-state index contributed by atoms with van der Waals surface area (Å²) in [6.45, 7) is 8.11. The number of hydrogen-bond donors (Lipinski definition) is 1. The van der Waals surface area contributed by atoms with Crippen molar-refractivity contribution in [1.82, 2.24) is 5.32 Å². The van der Waals surface area contributed by atoms with E-state index in [1.807, 2.05) is 33.8 Å². The van der Waals surface area contributed by atoms with Crippen molar-refractivity contribution < 1.29 is 22.9 Å². The Hall–Kier alpha value is -1.47. The summed E-state index contributed by atoms with van der Waals surface area (Å²) in [5, 5.41) is 2.75. The number of carbonyl (C=O) groups is 1. The first-order valence-corrected chi connectivity index (χ1v) is 8.61. The van der Waals surface area contributed by atoms with Crippen LogP contribution in [0.4, 0.5) is 8.78 Å². The number of carbonyl (C=O) groups excluding carboxylic acids is 1. The highest BCUT2D eigenvalue weighted by Crippen LogP contribution is 2.54. The van der Waals surface area contributed by atoms with Crippen molar-refractivity contribution in [2.24, 2.45) is 0 Å². The average molecular weight is 349 g/mol. The maximum Gasteiger partial charge on any atom is 0.494 e. The minimum absolute atomic E-state index is 0.212. The van der Waals surface area contributed by atoms with Crippen molar-refractivity contribution in [1.29, 1.82) is 0 Å². The molecule has 1 spiro atoms. The first-order chi connectivity index (χ1) is 11.4. The molecule has 4 nitrogen and oxygen atoms in total. The highest BCUT2D eigenvalue weighted by Gasteiger charge is 2.60. The number of alkyl halides is 2. The van der Waals surface area contributed by atoms with Crippen LogP contribution in [0.1, 0.15) is 56.5 Å². The van der Waals surface area contributed by atoms with Gasteiger partial charge in [0.15, 0.2) is 0 Å². The Morgan fingerprint density at radius 2 is 1.68 bits per heavy atom. The van der Waals surface area contributed by atoms with Gasteiger partial charge in [0.1, 0.15) is 0 Å². The number of nitrogens with one attached hydrogen (secondary N) is 1. The summed E-state index contributed by atoms with van der Waals surface area (Å²) >= 11 is 0. The van der Waals surface area contributed by atoms with E-state index in [4.69, 9.17) is 9.31 Å². The number of rotatable bonds is 1. The van der Waals surface area contributed by atoms with Crippen LogP contribution in [0.25, 0.3) is 0 Å². The van der Waals surface area contributed by atoms with E-state index >= 15 is 0 Å². The summed E-state index contributed by atoms with van der Waals surface area (Å²) in [6, 6.07) is 5.31. The van der Waals surface area contributed by atoms with Crippen LogP contribution in [-0.4, -0.2) is 36.7 Å². The molecule has 1 amide bonds. The maximum atomic E-state index is 13.6. The molecule has 2 aliphatic heterocycles. The van der Waals surface area contributed by atoms with Gasteiger partial charge in [-0.15, -0.1) is 0 Å². The summed E-state index contributed by atoms with van der Waals surface area (Å²) in [7, 11) is -0.571. The molecule has 0 aromatic heterocycles. The highest BCUT2D eigenvalue weighted by atomic mass is 19.3. The Balaban J connectivity index is 1.72. The van der Waals surface area contributed by atoms with Gasteiger partial charge in [-0.3, -0.25) is 4.79 Å². The van der Waals surface area contributed by atoms with Crippen LogP contribution in [0.2, 0.25) is 0 Å². The zero-order valence-electron chi connectivity index (χ0n) is 14.9. The van der Waals surface area contributed by atoms with Crippen molar-refractivity contribution >= 4 is 18.5 Å². The average Bonchev–Trinajstić information content (AvgIpc) is 2.69. The number of hydrogen-bond acceptors (Lipinski definition) is 3. The Morgan fingerprint density at radius 3 is 2.24 bits per heavy atom. The Labute approximate surface area is 146 Å². The standard InChI is InChI=1S/C18H22BF2NO3/c1-15(2)16(3,4)25-19(24-15)11-5-6-12-13(7-11)17(10-22-14(12)23)8-18(20,21)9-17/h5-7H,8-10H2,1-4H3,(H,22,23). The van der Waals surface area contributed by atoms with Crippen molar-refractivity contribution in [2.75, 3.05) is 6.54 Å². The van der Waals surface area contributed by atoms with Gasteiger partial charge in [0, 0.05) is 30.4 Å². The van der Waals surface area contributed by atoms with E-state index in [2.05, 4.69) is 5.32 Å². The van der Waals surface area contributed by atoms with Gasteiger partial charge >= 0.3 is 7.12 Å². The van der Waals surface area contributed by atoms with Crippen LogP contribution >= 0.6 is 0 Å². The van der Waals surface area contributed by atoms with Crippen LogP contribution in [0.15, 0.2) is 18.2 Å². The molecule has 25 heavy (non-hydrogen) atoms. The van der Waals surface area contributed by atoms with Gasteiger partial charge < -0.3 is 14.6 Å². The predicted molar refractivity (Wildman–Crippen MR) is 90.4 cm³/mol. The van der Waals surface area contributed by atoms with Crippen molar-refractivity contribution in [3.8, 4) is 0 Å². The van der Waals surface area contributed by atoms with Crippen LogP contribution in [0.3, 0.4) is 0 Å². The largest absolute Gasteiger partial charge is 0.494 e. The molecule has 3 aliphatic rings. The van der Waals surface area contributed by atoms with Gasteiger partial charge in [0.25, 0.3) is 5.91 Å². The van der Waals surface area contributed by atoms with Crippen molar-refractivity contribution in [2.45, 2.75) is 63.1 Å². The van der Waals surface area contributed by atoms with E-state index in [1.54, 1.807) is 12.1 Å². The summed E-state index contributed by atoms with van der Waals surface area (Å²) in [4.78, 5) is 12.2. The minimum atomic E-state index is -2.67. The highest BCUT2D eigenvalue weighted by molar-refractivity contribution is 6.62. The van der Waals surface area contributed by atoms with Gasteiger partial charge in [0.2, 0.25) is 5.92 Å². The summed E-state index contributed by atoms with van der Waals surface area (Å²) in [5.41, 5.74) is 0.281. The molecule has 2 heterocycles. The zero-order chi connectivity index (χ0) is 18.3. The van der Waals surface area contributed by atoms with Crippen molar-refractivity contribution in [3.05, 3.63) is 29.3 Å². The van der Waals surface area contributed by atoms with Gasteiger partial charge in [-0.1, -0.05) is 12.1 Å². The first-order valence-electron chi connectivity index (χ1n) is 8.61. The molecule has 1 saturated heterocycles. The Morgan fingerprint density at radius 1 is 1.08 bits per heavy atom. The lowest BCUT2D eigenvalue weighted by atomic mass is 9.58. The summed E-state index contributed by atoms with van der Waals surface area (Å²) in [5.74, 6) is -2.88. The van der Waals surface area contributed by atoms with E-state index in [1.165, 1.54) is 0 Å². The molecular weight excluding hydrogens is 327 g/mol. The van der Waals surface area contributed by atoms with Crippen LogP contribution < -0.4 is 10.8 Å². The fraction of sp³-hybridized carbons (Fsp3) is 0.611. The monoisotopic (exact) mass is 349 g/mol. The second kappa shape index (κ2) is 4.83. The number of fused-ring (bicyclic) bond motifs is 2. The second-order valence-electron chi connectivity index (χ2n) is 8.57. The van der Waals surface area contributed by atoms with Gasteiger partial charge in [-0.05, 0) is 44.8 Å². The first kappa shape index (κ1) is 17.0. The van der Waals surface area contributed by atoms with E-state index < -0.39 is 29.7 Å². The number of halogens is 2. The third kappa shape index (κ3) is 2.43. The number of amides is 1. The SMILES string of the molecule is CC1(C)OB(c2ccc3c(c2)C2(CNC3=O)CC(F)(F)C2)OC1(C)C. The van der Waals surface area contributed by atoms with Crippen molar-refractivity contribution in [3.63, 3.8) is 0 Å². The molecule has 0 bridgehead atoms. The topological polar surface area (TPSA) is 47.6 Å². The van der Waals surface area contributed by atoms with Gasteiger partial charge in [-0.25, -0.2) is 8.78 Å². The fourth-order valence-electron chi connectivity index (χ4n) is 4.02. The van der Waals surface area contributed by atoms with E-state index in [0.29, 0.717) is 11.1 Å². The molecule has 134 valence electrons.